The summed E-state index contributed by atoms with van der Waals surface area (Å²) in [5.41, 5.74) is 1.29. The largest absolute Gasteiger partial charge is 0.491 e. The molecule has 4 heteroatoms. The summed E-state index contributed by atoms with van der Waals surface area (Å²) >= 11 is 0. The maximum absolute atomic E-state index is 14.4. The summed E-state index contributed by atoms with van der Waals surface area (Å²) in [7, 11) is 0. The molecule has 142 valence electrons. The molecule has 1 aromatic carbocycles. The van der Waals surface area contributed by atoms with E-state index < -0.39 is 11.6 Å². The SMILES string of the molecule is CCOc1ccc(C2=CCC(C3CCC(CC=O)CC3)CC2)c(F)c1F. The number of ether oxygens (including phenoxy) is 1. The van der Waals surface area contributed by atoms with Crippen molar-refractivity contribution >= 4 is 11.9 Å². The van der Waals surface area contributed by atoms with Gasteiger partial charge in [-0.25, -0.2) is 4.39 Å². The molecule has 3 rings (SSSR count). The Morgan fingerprint density at radius 3 is 2.46 bits per heavy atom. The minimum atomic E-state index is -0.888. The first kappa shape index (κ1) is 19.1. The summed E-state index contributed by atoms with van der Waals surface area (Å²) in [6.45, 7) is 2.07. The molecule has 0 spiro atoms. The van der Waals surface area contributed by atoms with Crippen LogP contribution in [0, 0.1) is 29.4 Å². The first-order valence-electron chi connectivity index (χ1n) is 9.87. The van der Waals surface area contributed by atoms with Crippen molar-refractivity contribution < 1.29 is 18.3 Å². The van der Waals surface area contributed by atoms with Crippen LogP contribution < -0.4 is 4.74 Å². The van der Waals surface area contributed by atoms with Crippen LogP contribution in [0.5, 0.6) is 5.75 Å². The maximum atomic E-state index is 14.4. The van der Waals surface area contributed by atoms with Crippen molar-refractivity contribution in [1.82, 2.24) is 0 Å². The summed E-state index contributed by atoms with van der Waals surface area (Å²) in [5, 5.41) is 0. The molecule has 26 heavy (non-hydrogen) atoms. The van der Waals surface area contributed by atoms with Crippen LogP contribution in [0.25, 0.3) is 5.57 Å². The minimum Gasteiger partial charge on any atom is -0.491 e. The van der Waals surface area contributed by atoms with Crippen molar-refractivity contribution in [2.45, 2.75) is 58.3 Å². The first-order chi connectivity index (χ1) is 12.6. The van der Waals surface area contributed by atoms with E-state index in [1.54, 1.807) is 13.0 Å². The smallest absolute Gasteiger partial charge is 0.201 e. The molecule has 0 aliphatic heterocycles. The third-order valence-corrected chi connectivity index (χ3v) is 6.13. The Morgan fingerprint density at radius 1 is 1.08 bits per heavy atom. The highest BCUT2D eigenvalue weighted by molar-refractivity contribution is 5.67. The quantitative estimate of drug-likeness (QED) is 0.585. The van der Waals surface area contributed by atoms with E-state index in [0.717, 1.165) is 44.0 Å². The highest BCUT2D eigenvalue weighted by atomic mass is 19.2. The Hall–Kier alpha value is -1.71. The fourth-order valence-corrected chi connectivity index (χ4v) is 4.61. The van der Waals surface area contributed by atoms with E-state index in [1.807, 2.05) is 0 Å². The van der Waals surface area contributed by atoms with Crippen LogP contribution in [-0.4, -0.2) is 12.9 Å². The lowest BCUT2D eigenvalue weighted by molar-refractivity contribution is -0.108. The van der Waals surface area contributed by atoms with Gasteiger partial charge in [0.15, 0.2) is 11.6 Å². The molecule has 1 unspecified atom stereocenters. The van der Waals surface area contributed by atoms with Crippen molar-refractivity contribution in [2.75, 3.05) is 6.61 Å². The van der Waals surface area contributed by atoms with Crippen molar-refractivity contribution in [1.29, 1.82) is 0 Å². The maximum Gasteiger partial charge on any atom is 0.201 e. The van der Waals surface area contributed by atoms with Gasteiger partial charge in [0.2, 0.25) is 5.82 Å². The number of carbonyl (C=O) groups is 1. The van der Waals surface area contributed by atoms with Gasteiger partial charge in [-0.05, 0) is 87.3 Å². The summed E-state index contributed by atoms with van der Waals surface area (Å²) < 4.78 is 33.7. The van der Waals surface area contributed by atoms with E-state index in [0.29, 0.717) is 36.3 Å². The molecule has 0 bridgehead atoms. The zero-order valence-electron chi connectivity index (χ0n) is 15.5. The molecule has 0 heterocycles. The van der Waals surface area contributed by atoms with Crippen LogP contribution in [0.1, 0.15) is 63.9 Å². The normalized spacial score (nSPS) is 26.3. The zero-order chi connectivity index (χ0) is 18.5. The molecular formula is C22H28F2O2. The number of aldehydes is 1. The molecule has 1 atom stereocenters. The molecule has 0 aromatic heterocycles. The lowest BCUT2D eigenvalue weighted by atomic mass is 9.70. The van der Waals surface area contributed by atoms with Crippen LogP contribution in [0.15, 0.2) is 18.2 Å². The summed E-state index contributed by atoms with van der Waals surface area (Å²) in [6, 6.07) is 3.17. The van der Waals surface area contributed by atoms with E-state index in [1.165, 1.54) is 18.9 Å². The molecule has 1 aromatic rings. The average Bonchev–Trinajstić information content (AvgIpc) is 2.67. The van der Waals surface area contributed by atoms with Crippen LogP contribution in [0.3, 0.4) is 0 Å². The third-order valence-electron chi connectivity index (χ3n) is 6.13. The average molecular weight is 362 g/mol. The number of hydrogen-bond donors (Lipinski definition) is 0. The number of rotatable bonds is 6. The van der Waals surface area contributed by atoms with Crippen molar-refractivity contribution in [3.8, 4) is 5.75 Å². The van der Waals surface area contributed by atoms with Gasteiger partial charge in [0, 0.05) is 12.0 Å². The van der Waals surface area contributed by atoms with Crippen molar-refractivity contribution in [2.24, 2.45) is 17.8 Å². The van der Waals surface area contributed by atoms with E-state index in [2.05, 4.69) is 6.08 Å². The first-order valence-corrected chi connectivity index (χ1v) is 9.87. The summed E-state index contributed by atoms with van der Waals surface area (Å²) in [4.78, 5) is 10.7. The molecular weight excluding hydrogens is 334 g/mol. The van der Waals surface area contributed by atoms with Gasteiger partial charge in [-0.1, -0.05) is 6.08 Å². The van der Waals surface area contributed by atoms with Crippen LogP contribution in [0.2, 0.25) is 0 Å². The highest BCUT2D eigenvalue weighted by Crippen LogP contribution is 2.42. The molecule has 0 N–H and O–H groups in total. The van der Waals surface area contributed by atoms with Crippen molar-refractivity contribution in [3.63, 3.8) is 0 Å². The van der Waals surface area contributed by atoms with Gasteiger partial charge in [0.1, 0.15) is 6.29 Å². The number of hydrogen-bond acceptors (Lipinski definition) is 2. The van der Waals surface area contributed by atoms with Crippen LogP contribution in [-0.2, 0) is 4.79 Å². The Morgan fingerprint density at radius 2 is 1.85 bits per heavy atom. The Bertz CT molecular complexity index is 660. The molecule has 2 nitrogen and oxygen atoms in total. The molecule has 2 aliphatic carbocycles. The molecule has 1 fully saturated rings. The van der Waals surface area contributed by atoms with Gasteiger partial charge in [-0.15, -0.1) is 0 Å². The highest BCUT2D eigenvalue weighted by Gasteiger charge is 2.29. The second kappa shape index (κ2) is 8.79. The number of carbonyl (C=O) groups excluding carboxylic acids is 1. The Kier molecular flexibility index (Phi) is 6.44. The predicted molar refractivity (Wildman–Crippen MR) is 99.0 cm³/mol. The molecule has 0 radical (unpaired) electrons. The van der Waals surface area contributed by atoms with Gasteiger partial charge >= 0.3 is 0 Å². The lowest BCUT2D eigenvalue weighted by Gasteiger charge is -2.35. The fourth-order valence-electron chi connectivity index (χ4n) is 4.61. The number of benzene rings is 1. The minimum absolute atomic E-state index is 0.0184. The van der Waals surface area contributed by atoms with Crippen LogP contribution >= 0.6 is 0 Å². The lowest BCUT2D eigenvalue weighted by Crippen LogP contribution is -2.23. The van der Waals surface area contributed by atoms with Gasteiger partial charge in [0.25, 0.3) is 0 Å². The van der Waals surface area contributed by atoms with E-state index in [9.17, 15) is 13.6 Å². The summed E-state index contributed by atoms with van der Waals surface area (Å²) in [5.74, 6) is 0.203. The van der Waals surface area contributed by atoms with Gasteiger partial charge in [-0.3, -0.25) is 0 Å². The molecule has 0 amide bonds. The fraction of sp³-hybridized carbons (Fsp3) is 0.591. The number of allylic oxidation sites excluding steroid dienone is 2. The zero-order valence-corrected chi connectivity index (χ0v) is 15.5. The topological polar surface area (TPSA) is 26.3 Å². The Balaban J connectivity index is 1.63. The predicted octanol–water partition coefficient (Wildman–Crippen LogP) is 5.94. The molecule has 1 saturated carbocycles. The standard InChI is InChI=1S/C22H28F2O2/c1-2-26-20-12-11-19(21(23)22(20)24)18-9-7-17(8-10-18)16-5-3-15(4-6-16)13-14-25/h9,11-12,14-17H,2-8,10,13H2,1H3. The van der Waals surface area contributed by atoms with E-state index in [-0.39, 0.29) is 5.75 Å². The second-order valence-corrected chi connectivity index (χ2v) is 7.62. The van der Waals surface area contributed by atoms with Crippen molar-refractivity contribution in [3.05, 3.63) is 35.4 Å². The second-order valence-electron chi connectivity index (χ2n) is 7.62. The third kappa shape index (κ3) is 4.16. The number of halogens is 2. The van der Waals surface area contributed by atoms with Gasteiger partial charge < -0.3 is 9.53 Å². The van der Waals surface area contributed by atoms with E-state index in [4.69, 9.17) is 4.74 Å². The monoisotopic (exact) mass is 362 g/mol. The molecule has 0 saturated heterocycles. The van der Waals surface area contributed by atoms with Gasteiger partial charge in [-0.2, -0.15) is 4.39 Å². The molecule has 2 aliphatic rings. The summed E-state index contributed by atoms with van der Waals surface area (Å²) in [6.07, 6.45) is 11.3. The van der Waals surface area contributed by atoms with Crippen LogP contribution in [0.4, 0.5) is 8.78 Å². The Labute approximate surface area is 154 Å². The van der Waals surface area contributed by atoms with E-state index >= 15 is 0 Å². The van der Waals surface area contributed by atoms with Gasteiger partial charge in [0.05, 0.1) is 6.61 Å².